The van der Waals surface area contributed by atoms with Gasteiger partial charge in [-0.05, 0) is 80.1 Å². The summed E-state index contributed by atoms with van der Waals surface area (Å²) < 4.78 is 10.6. The first kappa shape index (κ1) is 16.0. The maximum Gasteiger partial charge on any atom is 0.171 e. The molecule has 130 valence electrons. The van der Waals surface area contributed by atoms with Gasteiger partial charge in [-0.15, -0.1) is 0 Å². The van der Waals surface area contributed by atoms with E-state index in [2.05, 4.69) is 10.6 Å². The van der Waals surface area contributed by atoms with Gasteiger partial charge in [-0.3, -0.25) is 0 Å². The monoisotopic (exact) mass is 346 g/mol. The molecular formula is C19H26N2O2S. The Morgan fingerprint density at radius 2 is 1.58 bits per heavy atom. The molecule has 0 atom stereocenters. The molecule has 5 heteroatoms. The summed E-state index contributed by atoms with van der Waals surface area (Å²) in [6, 6.07) is 6.33. The number of hydrogen-bond donors (Lipinski definition) is 2. The van der Waals surface area contributed by atoms with Gasteiger partial charge in [0.15, 0.2) is 16.6 Å². The standard InChI is InChI=1S/C19H26N2O2S/c1-22-16-4-3-15(10-17(16)23-2)20-19(24)21-18-13-6-11-5-12(8-13)9-14(18)7-11/h3-4,10-14,18H,5-9H2,1-2H3,(H2,20,21,24). The van der Waals surface area contributed by atoms with Crippen molar-refractivity contribution in [2.24, 2.45) is 23.7 Å². The van der Waals surface area contributed by atoms with E-state index in [-0.39, 0.29) is 0 Å². The number of ether oxygens (including phenoxy) is 2. The van der Waals surface area contributed by atoms with Crippen LogP contribution in [0.2, 0.25) is 0 Å². The van der Waals surface area contributed by atoms with Crippen molar-refractivity contribution in [1.29, 1.82) is 0 Å². The van der Waals surface area contributed by atoms with Crippen LogP contribution in [0.3, 0.4) is 0 Å². The minimum atomic E-state index is 0.554. The molecule has 0 radical (unpaired) electrons. The first-order valence-corrected chi connectivity index (χ1v) is 9.36. The zero-order chi connectivity index (χ0) is 16.7. The molecule has 4 fully saturated rings. The smallest absolute Gasteiger partial charge is 0.171 e. The highest BCUT2D eigenvalue weighted by Crippen LogP contribution is 2.53. The molecule has 0 heterocycles. The average Bonchev–Trinajstić information content (AvgIpc) is 2.57. The van der Waals surface area contributed by atoms with Crippen molar-refractivity contribution in [3.05, 3.63) is 18.2 Å². The molecule has 5 rings (SSSR count). The number of hydrogen-bond acceptors (Lipinski definition) is 3. The van der Waals surface area contributed by atoms with E-state index in [1.165, 1.54) is 32.1 Å². The third-order valence-corrected chi connectivity index (χ3v) is 6.39. The molecule has 0 saturated heterocycles. The first-order valence-electron chi connectivity index (χ1n) is 8.95. The maximum absolute atomic E-state index is 5.58. The molecule has 1 aromatic rings. The van der Waals surface area contributed by atoms with E-state index < -0.39 is 0 Å². The molecule has 0 unspecified atom stereocenters. The van der Waals surface area contributed by atoms with Crippen LogP contribution in [0.25, 0.3) is 0 Å². The quantitative estimate of drug-likeness (QED) is 0.812. The molecule has 4 nitrogen and oxygen atoms in total. The van der Waals surface area contributed by atoms with E-state index in [9.17, 15) is 0 Å². The average molecular weight is 346 g/mol. The lowest BCUT2D eigenvalue weighted by Crippen LogP contribution is -2.56. The summed E-state index contributed by atoms with van der Waals surface area (Å²) in [5.74, 6) is 5.02. The largest absolute Gasteiger partial charge is 0.493 e. The van der Waals surface area contributed by atoms with Gasteiger partial charge in [0.25, 0.3) is 0 Å². The second kappa shape index (κ2) is 6.43. The van der Waals surface area contributed by atoms with Gasteiger partial charge in [-0.25, -0.2) is 0 Å². The van der Waals surface area contributed by atoms with Gasteiger partial charge in [0, 0.05) is 17.8 Å². The van der Waals surface area contributed by atoms with Gasteiger partial charge in [0.2, 0.25) is 0 Å². The second-order valence-electron chi connectivity index (χ2n) is 7.62. The van der Waals surface area contributed by atoms with Crippen molar-refractivity contribution in [3.8, 4) is 11.5 Å². The second-order valence-corrected chi connectivity index (χ2v) is 8.03. The fourth-order valence-electron chi connectivity index (χ4n) is 5.39. The highest BCUT2D eigenvalue weighted by atomic mass is 32.1. The Kier molecular flexibility index (Phi) is 4.29. The minimum Gasteiger partial charge on any atom is -0.493 e. The molecule has 4 bridgehead atoms. The van der Waals surface area contributed by atoms with Gasteiger partial charge < -0.3 is 20.1 Å². The molecular weight excluding hydrogens is 320 g/mol. The molecule has 0 aromatic heterocycles. The summed E-state index contributed by atoms with van der Waals surface area (Å²) in [6.45, 7) is 0. The molecule has 0 amide bonds. The van der Waals surface area contributed by atoms with E-state index in [0.29, 0.717) is 11.8 Å². The Morgan fingerprint density at radius 3 is 2.17 bits per heavy atom. The fraction of sp³-hybridized carbons (Fsp3) is 0.632. The van der Waals surface area contributed by atoms with Crippen LogP contribution < -0.4 is 20.1 Å². The summed E-state index contributed by atoms with van der Waals surface area (Å²) in [7, 11) is 3.29. The van der Waals surface area contributed by atoms with Gasteiger partial charge in [0.1, 0.15) is 0 Å². The zero-order valence-corrected chi connectivity index (χ0v) is 15.2. The van der Waals surface area contributed by atoms with Crippen LogP contribution in [0, 0.1) is 23.7 Å². The summed E-state index contributed by atoms with van der Waals surface area (Å²) in [5.41, 5.74) is 0.925. The summed E-state index contributed by atoms with van der Waals surface area (Å²) in [5, 5.41) is 7.66. The molecule has 2 N–H and O–H groups in total. The third kappa shape index (κ3) is 2.94. The topological polar surface area (TPSA) is 42.5 Å². The Labute approximate surface area is 149 Å². The Morgan fingerprint density at radius 1 is 0.958 bits per heavy atom. The third-order valence-electron chi connectivity index (χ3n) is 6.17. The van der Waals surface area contributed by atoms with Gasteiger partial charge in [-0.2, -0.15) is 0 Å². The molecule has 0 spiro atoms. The first-order chi connectivity index (χ1) is 11.7. The number of anilines is 1. The van der Waals surface area contributed by atoms with Crippen LogP contribution in [0.15, 0.2) is 18.2 Å². The molecule has 0 aliphatic heterocycles. The summed E-state index contributed by atoms with van der Waals surface area (Å²) in [4.78, 5) is 0. The van der Waals surface area contributed by atoms with Crippen LogP contribution in [0.5, 0.6) is 11.5 Å². The molecule has 1 aromatic carbocycles. The summed E-state index contributed by atoms with van der Waals surface area (Å²) in [6.07, 6.45) is 7.05. The SMILES string of the molecule is COc1ccc(NC(=S)NC2C3CC4CC(C3)CC2C4)cc1OC. The van der Waals surface area contributed by atoms with E-state index in [4.69, 9.17) is 21.7 Å². The normalized spacial score (nSPS) is 33.2. The van der Waals surface area contributed by atoms with Crippen LogP contribution in [-0.2, 0) is 0 Å². The molecule has 4 saturated carbocycles. The predicted molar refractivity (Wildman–Crippen MR) is 99.7 cm³/mol. The Bertz CT molecular complexity index is 606. The molecule has 24 heavy (non-hydrogen) atoms. The maximum atomic E-state index is 5.58. The number of rotatable bonds is 4. The zero-order valence-electron chi connectivity index (χ0n) is 14.4. The van der Waals surface area contributed by atoms with Crippen molar-refractivity contribution in [3.63, 3.8) is 0 Å². The number of benzene rings is 1. The van der Waals surface area contributed by atoms with Crippen LogP contribution in [0.4, 0.5) is 5.69 Å². The molecule has 4 aliphatic rings. The van der Waals surface area contributed by atoms with Crippen molar-refractivity contribution in [2.45, 2.75) is 38.1 Å². The van der Waals surface area contributed by atoms with Crippen LogP contribution >= 0.6 is 12.2 Å². The lowest BCUT2D eigenvalue weighted by Gasteiger charge is -2.54. The predicted octanol–water partition coefficient (Wildman–Crippen LogP) is 3.81. The highest BCUT2D eigenvalue weighted by molar-refractivity contribution is 7.80. The highest BCUT2D eigenvalue weighted by Gasteiger charge is 2.48. The Balaban J connectivity index is 1.40. The van der Waals surface area contributed by atoms with Crippen molar-refractivity contribution in [1.82, 2.24) is 5.32 Å². The van der Waals surface area contributed by atoms with Crippen molar-refractivity contribution >= 4 is 23.0 Å². The van der Waals surface area contributed by atoms with Gasteiger partial charge in [0.05, 0.1) is 14.2 Å². The number of methoxy groups -OCH3 is 2. The summed E-state index contributed by atoms with van der Waals surface area (Å²) >= 11 is 5.58. The van der Waals surface area contributed by atoms with Gasteiger partial charge in [-0.1, -0.05) is 0 Å². The van der Waals surface area contributed by atoms with E-state index in [0.717, 1.165) is 40.2 Å². The lowest BCUT2D eigenvalue weighted by molar-refractivity contribution is -0.00665. The molecule has 4 aliphatic carbocycles. The van der Waals surface area contributed by atoms with Gasteiger partial charge >= 0.3 is 0 Å². The number of nitrogens with one attached hydrogen (secondary N) is 2. The van der Waals surface area contributed by atoms with E-state index >= 15 is 0 Å². The van der Waals surface area contributed by atoms with E-state index in [1.807, 2.05) is 18.2 Å². The number of thiocarbonyl (C=S) groups is 1. The van der Waals surface area contributed by atoms with Crippen molar-refractivity contribution < 1.29 is 9.47 Å². The Hall–Kier alpha value is -1.49. The van der Waals surface area contributed by atoms with Crippen molar-refractivity contribution in [2.75, 3.05) is 19.5 Å². The minimum absolute atomic E-state index is 0.554. The fourth-order valence-corrected chi connectivity index (χ4v) is 5.65. The lowest BCUT2D eigenvalue weighted by atomic mass is 9.54. The van der Waals surface area contributed by atoms with E-state index in [1.54, 1.807) is 14.2 Å². The van der Waals surface area contributed by atoms with Crippen LogP contribution in [-0.4, -0.2) is 25.4 Å². The van der Waals surface area contributed by atoms with Crippen LogP contribution in [0.1, 0.15) is 32.1 Å².